The Morgan fingerprint density at radius 3 is 2.48 bits per heavy atom. The molecule has 0 saturated carbocycles. The minimum Gasteiger partial charge on any atom is -0.370 e. The average molecular weight is 427 g/mol. The van der Waals surface area contributed by atoms with E-state index >= 15 is 0 Å². The molecule has 2 heterocycles. The Labute approximate surface area is 177 Å². The van der Waals surface area contributed by atoms with Gasteiger partial charge in [-0.2, -0.15) is 18.4 Å². The Morgan fingerprint density at radius 2 is 1.77 bits per heavy atom. The van der Waals surface area contributed by atoms with Crippen LogP contribution in [-0.4, -0.2) is 46.5 Å². The number of carbonyl (C=O) groups excluding carboxylic acids is 1. The van der Waals surface area contributed by atoms with Crippen LogP contribution in [-0.2, 0) is 17.5 Å². The zero-order valence-electron chi connectivity index (χ0n) is 16.6. The number of benzene rings is 2. The van der Waals surface area contributed by atoms with Gasteiger partial charge in [-0.15, -0.1) is 0 Å². The molecule has 6 nitrogen and oxygen atoms in total. The highest BCUT2D eigenvalue weighted by Crippen LogP contribution is 2.31. The molecule has 1 aliphatic heterocycles. The van der Waals surface area contributed by atoms with E-state index in [0.717, 1.165) is 16.8 Å². The lowest BCUT2D eigenvalue weighted by Gasteiger charge is -2.24. The smallest absolute Gasteiger partial charge is 0.370 e. The molecule has 1 saturated heterocycles. The number of alkyl halides is 3. The van der Waals surface area contributed by atoms with Crippen LogP contribution in [0.4, 0.5) is 18.9 Å². The Balaban J connectivity index is 1.50. The maximum atomic E-state index is 13.5. The lowest BCUT2D eigenvalue weighted by molar-refractivity contribution is -0.148. The van der Waals surface area contributed by atoms with E-state index in [2.05, 4.69) is 16.0 Å². The zero-order valence-corrected chi connectivity index (χ0v) is 16.6. The van der Waals surface area contributed by atoms with E-state index in [1.54, 1.807) is 35.2 Å². The number of imidazole rings is 1. The van der Waals surface area contributed by atoms with Gasteiger partial charge in [0, 0.05) is 31.9 Å². The van der Waals surface area contributed by atoms with Gasteiger partial charge in [-0.05, 0) is 42.8 Å². The second-order valence-electron chi connectivity index (χ2n) is 7.39. The van der Waals surface area contributed by atoms with Gasteiger partial charge in [0.2, 0.25) is 11.7 Å². The van der Waals surface area contributed by atoms with Crippen molar-refractivity contribution in [3.8, 4) is 6.07 Å². The third-order valence-electron chi connectivity index (χ3n) is 5.41. The molecule has 2 aromatic carbocycles. The molecule has 0 unspecified atom stereocenters. The van der Waals surface area contributed by atoms with Gasteiger partial charge in [0.05, 0.1) is 22.7 Å². The number of anilines is 1. The van der Waals surface area contributed by atoms with E-state index in [1.165, 1.54) is 6.07 Å². The van der Waals surface area contributed by atoms with E-state index in [1.807, 2.05) is 12.1 Å². The molecular formula is C22H20F3N5O. The Kier molecular flexibility index (Phi) is 5.55. The first-order valence-corrected chi connectivity index (χ1v) is 9.92. The fraction of sp³-hybridized carbons (Fsp3) is 0.318. The number of amides is 1. The molecule has 9 heteroatoms. The fourth-order valence-electron chi connectivity index (χ4n) is 3.86. The number of fused-ring (bicyclic) bond motifs is 1. The van der Waals surface area contributed by atoms with Crippen molar-refractivity contribution in [2.24, 2.45) is 0 Å². The monoisotopic (exact) mass is 427 g/mol. The second kappa shape index (κ2) is 8.30. The molecule has 0 bridgehead atoms. The summed E-state index contributed by atoms with van der Waals surface area (Å²) in [4.78, 5) is 20.3. The molecule has 1 fully saturated rings. The van der Waals surface area contributed by atoms with E-state index in [9.17, 15) is 18.0 Å². The highest BCUT2D eigenvalue weighted by molar-refractivity contribution is 5.81. The number of hydrogen-bond acceptors (Lipinski definition) is 4. The van der Waals surface area contributed by atoms with Crippen LogP contribution in [0.1, 0.15) is 17.8 Å². The minimum absolute atomic E-state index is 0.213. The number of aromatic nitrogens is 2. The summed E-state index contributed by atoms with van der Waals surface area (Å²) < 4.78 is 41.5. The molecular weight excluding hydrogens is 407 g/mol. The van der Waals surface area contributed by atoms with Crippen LogP contribution in [0.5, 0.6) is 0 Å². The first-order chi connectivity index (χ1) is 14.9. The van der Waals surface area contributed by atoms with Gasteiger partial charge in [-0.25, -0.2) is 4.98 Å². The van der Waals surface area contributed by atoms with E-state index in [4.69, 9.17) is 5.26 Å². The highest BCUT2D eigenvalue weighted by atomic mass is 19.4. The van der Waals surface area contributed by atoms with Gasteiger partial charge in [0.1, 0.15) is 6.54 Å². The van der Waals surface area contributed by atoms with Crippen LogP contribution < -0.4 is 4.90 Å². The van der Waals surface area contributed by atoms with Crippen molar-refractivity contribution >= 4 is 22.6 Å². The summed E-state index contributed by atoms with van der Waals surface area (Å²) in [5, 5.41) is 8.94. The first kappa shape index (κ1) is 20.7. The quantitative estimate of drug-likeness (QED) is 0.640. The largest absolute Gasteiger partial charge is 0.449 e. The second-order valence-corrected chi connectivity index (χ2v) is 7.39. The van der Waals surface area contributed by atoms with E-state index in [-0.39, 0.29) is 16.9 Å². The number of nitrogens with zero attached hydrogens (tertiary/aromatic N) is 5. The Bertz CT molecular complexity index is 1130. The average Bonchev–Trinajstić information content (AvgIpc) is 2.95. The van der Waals surface area contributed by atoms with Gasteiger partial charge in [0.25, 0.3) is 0 Å². The van der Waals surface area contributed by atoms with Crippen LogP contribution in [0.2, 0.25) is 0 Å². The van der Waals surface area contributed by atoms with Gasteiger partial charge in [-0.1, -0.05) is 12.1 Å². The molecule has 0 atom stereocenters. The highest BCUT2D eigenvalue weighted by Gasteiger charge is 2.38. The van der Waals surface area contributed by atoms with Crippen molar-refractivity contribution in [2.75, 3.05) is 31.1 Å². The molecule has 1 aliphatic rings. The zero-order chi connectivity index (χ0) is 22.0. The van der Waals surface area contributed by atoms with E-state index in [0.29, 0.717) is 31.6 Å². The number of halogens is 3. The topological polar surface area (TPSA) is 65.2 Å². The number of para-hydroxylation sites is 2. The van der Waals surface area contributed by atoms with Crippen molar-refractivity contribution in [1.29, 1.82) is 5.26 Å². The van der Waals surface area contributed by atoms with Crippen molar-refractivity contribution < 1.29 is 18.0 Å². The van der Waals surface area contributed by atoms with Crippen LogP contribution in [0.25, 0.3) is 11.0 Å². The molecule has 160 valence electrons. The summed E-state index contributed by atoms with van der Waals surface area (Å²) in [6, 6.07) is 15.6. The maximum Gasteiger partial charge on any atom is 0.449 e. The summed E-state index contributed by atoms with van der Waals surface area (Å²) in [6.07, 6.45) is -3.95. The lowest BCUT2D eigenvalue weighted by Crippen LogP contribution is -2.37. The standard InChI is InChI=1S/C22H20F3N5O/c23-22(24,25)21-27-18-4-1-2-5-19(18)30(21)15-20(31)29-11-3-10-28(12-13-29)17-8-6-16(14-26)7-9-17/h1-2,4-9H,3,10-13,15H2. The summed E-state index contributed by atoms with van der Waals surface area (Å²) >= 11 is 0. The molecule has 0 radical (unpaired) electrons. The van der Waals surface area contributed by atoms with Crippen LogP contribution in [0, 0.1) is 11.3 Å². The molecule has 4 rings (SSSR count). The minimum atomic E-state index is -4.65. The SMILES string of the molecule is N#Cc1ccc(N2CCCN(C(=O)Cn3c(C(F)(F)F)nc4ccccc43)CC2)cc1. The predicted molar refractivity (Wildman–Crippen MR) is 109 cm³/mol. The van der Waals surface area contributed by atoms with Gasteiger partial charge < -0.3 is 14.4 Å². The summed E-state index contributed by atoms with van der Waals surface area (Å²) in [5.41, 5.74) is 2.03. The molecule has 1 aromatic heterocycles. The summed E-state index contributed by atoms with van der Waals surface area (Å²) in [6.45, 7) is 1.75. The Morgan fingerprint density at radius 1 is 1.03 bits per heavy atom. The molecule has 3 aromatic rings. The summed E-state index contributed by atoms with van der Waals surface area (Å²) in [7, 11) is 0. The molecule has 0 N–H and O–H groups in total. The van der Waals surface area contributed by atoms with Crippen molar-refractivity contribution in [3.63, 3.8) is 0 Å². The maximum absolute atomic E-state index is 13.5. The van der Waals surface area contributed by atoms with Gasteiger partial charge in [-0.3, -0.25) is 4.79 Å². The Hall–Kier alpha value is -3.54. The summed E-state index contributed by atoms with van der Waals surface area (Å²) in [5.74, 6) is -1.42. The van der Waals surface area contributed by atoms with Crippen LogP contribution >= 0.6 is 0 Å². The molecule has 0 spiro atoms. The van der Waals surface area contributed by atoms with Crippen LogP contribution in [0.15, 0.2) is 48.5 Å². The molecule has 1 amide bonds. The van der Waals surface area contributed by atoms with Crippen molar-refractivity contribution in [1.82, 2.24) is 14.5 Å². The lowest BCUT2D eigenvalue weighted by atomic mass is 10.2. The number of rotatable bonds is 3. The first-order valence-electron chi connectivity index (χ1n) is 9.92. The normalized spacial score (nSPS) is 15.0. The van der Waals surface area contributed by atoms with Gasteiger partial charge in [0.15, 0.2) is 0 Å². The third-order valence-corrected chi connectivity index (χ3v) is 5.41. The van der Waals surface area contributed by atoms with Gasteiger partial charge >= 0.3 is 6.18 Å². The molecule has 0 aliphatic carbocycles. The number of nitriles is 1. The predicted octanol–water partition coefficient (Wildman–Crippen LogP) is 3.67. The fourth-order valence-corrected chi connectivity index (χ4v) is 3.86. The van der Waals surface area contributed by atoms with Crippen molar-refractivity contribution in [3.05, 3.63) is 59.9 Å². The third kappa shape index (κ3) is 4.33. The van der Waals surface area contributed by atoms with Crippen LogP contribution in [0.3, 0.4) is 0 Å². The number of hydrogen-bond donors (Lipinski definition) is 0. The molecule has 31 heavy (non-hydrogen) atoms. The number of carbonyl (C=O) groups is 1. The van der Waals surface area contributed by atoms with E-state index < -0.39 is 18.5 Å². The van der Waals surface area contributed by atoms with Crippen molar-refractivity contribution in [2.45, 2.75) is 19.1 Å².